The molecule has 1 heterocycles. The molecule has 0 amide bonds. The molecule has 1 N–H and O–H groups in total. The highest BCUT2D eigenvalue weighted by Gasteiger charge is 2.07. The maximum Gasteiger partial charge on any atom is 0.193 e. The quantitative estimate of drug-likeness (QED) is 0.312. The molecule has 1 aromatic heterocycles. The van der Waals surface area contributed by atoms with Crippen LogP contribution < -0.4 is 5.32 Å². The number of halogens is 2. The van der Waals surface area contributed by atoms with Gasteiger partial charge in [-0.25, -0.2) is 4.39 Å². The number of nitrogens with one attached hydrogen (secondary N) is 1. The van der Waals surface area contributed by atoms with Crippen LogP contribution >= 0.6 is 24.0 Å². The first kappa shape index (κ1) is 21.4. The predicted molar refractivity (Wildman–Crippen MR) is 111 cm³/mol. The van der Waals surface area contributed by atoms with Crippen LogP contribution in [0.2, 0.25) is 0 Å². The molecule has 0 radical (unpaired) electrons. The van der Waals surface area contributed by atoms with Gasteiger partial charge in [0.15, 0.2) is 5.96 Å². The molecule has 0 aliphatic heterocycles. The van der Waals surface area contributed by atoms with Crippen molar-refractivity contribution in [1.82, 2.24) is 20.0 Å². The summed E-state index contributed by atoms with van der Waals surface area (Å²) in [6.45, 7) is 6.36. The van der Waals surface area contributed by atoms with Gasteiger partial charge in [-0.2, -0.15) is 5.10 Å². The monoisotopic (exact) mass is 459 g/mol. The van der Waals surface area contributed by atoms with Gasteiger partial charge >= 0.3 is 0 Å². The van der Waals surface area contributed by atoms with Gasteiger partial charge in [-0.3, -0.25) is 9.67 Å². The molecule has 0 aliphatic rings. The minimum Gasteiger partial charge on any atom is -0.356 e. The maximum absolute atomic E-state index is 13.3. The fourth-order valence-electron chi connectivity index (χ4n) is 2.70. The molecule has 2 rings (SSSR count). The molecule has 0 fully saturated rings. The van der Waals surface area contributed by atoms with E-state index in [4.69, 9.17) is 0 Å². The molecule has 25 heavy (non-hydrogen) atoms. The van der Waals surface area contributed by atoms with Crippen LogP contribution in [0.25, 0.3) is 0 Å². The molecule has 0 saturated carbocycles. The van der Waals surface area contributed by atoms with Crippen LogP contribution in [0.5, 0.6) is 0 Å². The predicted octanol–water partition coefficient (Wildman–Crippen LogP) is 3.35. The summed E-state index contributed by atoms with van der Waals surface area (Å²) in [5.41, 5.74) is 3.15. The SMILES string of the molecule is CN=C(NCCCn1nc(C)cc1C)N(C)Cc1cccc(F)c1.I. The molecule has 0 bridgehead atoms. The van der Waals surface area contributed by atoms with Crippen LogP contribution in [0.1, 0.15) is 23.4 Å². The minimum atomic E-state index is -0.214. The van der Waals surface area contributed by atoms with Crippen molar-refractivity contribution >= 4 is 29.9 Å². The second kappa shape index (κ2) is 10.4. The third kappa shape index (κ3) is 6.64. The van der Waals surface area contributed by atoms with Gasteiger partial charge in [-0.1, -0.05) is 12.1 Å². The Morgan fingerprint density at radius 2 is 2.08 bits per heavy atom. The van der Waals surface area contributed by atoms with Crippen molar-refractivity contribution in [3.05, 3.63) is 53.1 Å². The lowest BCUT2D eigenvalue weighted by molar-refractivity contribution is 0.468. The Kier molecular flexibility index (Phi) is 8.88. The molecule has 0 atom stereocenters. The zero-order chi connectivity index (χ0) is 17.5. The molecule has 7 heteroatoms. The van der Waals surface area contributed by atoms with Crippen LogP contribution in [-0.4, -0.2) is 41.3 Å². The van der Waals surface area contributed by atoms with Crippen molar-refractivity contribution in [2.24, 2.45) is 4.99 Å². The average molecular weight is 459 g/mol. The largest absolute Gasteiger partial charge is 0.356 e. The van der Waals surface area contributed by atoms with Crippen LogP contribution in [0.15, 0.2) is 35.3 Å². The Morgan fingerprint density at radius 1 is 1.32 bits per heavy atom. The van der Waals surface area contributed by atoms with E-state index in [0.29, 0.717) is 6.54 Å². The topological polar surface area (TPSA) is 45.5 Å². The number of nitrogens with zero attached hydrogens (tertiary/aromatic N) is 4. The van der Waals surface area contributed by atoms with Crippen molar-refractivity contribution < 1.29 is 4.39 Å². The molecule has 0 unspecified atom stereocenters. The summed E-state index contributed by atoms with van der Waals surface area (Å²) in [5, 5.41) is 7.80. The van der Waals surface area contributed by atoms with Gasteiger partial charge in [0.05, 0.1) is 5.69 Å². The van der Waals surface area contributed by atoms with Crippen LogP contribution in [0.4, 0.5) is 4.39 Å². The van der Waals surface area contributed by atoms with E-state index in [2.05, 4.69) is 28.4 Å². The molecule has 5 nitrogen and oxygen atoms in total. The lowest BCUT2D eigenvalue weighted by Crippen LogP contribution is -2.39. The maximum atomic E-state index is 13.3. The van der Waals surface area contributed by atoms with Crippen molar-refractivity contribution in [2.45, 2.75) is 33.4 Å². The number of hydrogen-bond acceptors (Lipinski definition) is 2. The molecular formula is C18H27FIN5. The number of aromatic nitrogens is 2. The third-order valence-electron chi connectivity index (χ3n) is 3.82. The summed E-state index contributed by atoms with van der Waals surface area (Å²) in [6, 6.07) is 8.72. The fourth-order valence-corrected chi connectivity index (χ4v) is 2.70. The number of hydrogen-bond donors (Lipinski definition) is 1. The van der Waals surface area contributed by atoms with Gasteiger partial charge in [-0.15, -0.1) is 24.0 Å². The average Bonchev–Trinajstić information content (AvgIpc) is 2.85. The zero-order valence-corrected chi connectivity index (χ0v) is 17.6. The van der Waals surface area contributed by atoms with Gasteiger partial charge in [0.2, 0.25) is 0 Å². The van der Waals surface area contributed by atoms with Gasteiger partial charge in [0.1, 0.15) is 5.82 Å². The van der Waals surface area contributed by atoms with Crippen LogP contribution in [0, 0.1) is 19.7 Å². The van der Waals surface area contributed by atoms with E-state index in [1.54, 1.807) is 19.2 Å². The molecule has 1 aromatic carbocycles. The first-order valence-electron chi connectivity index (χ1n) is 8.17. The number of aliphatic imine (C=N–C) groups is 1. The summed E-state index contributed by atoms with van der Waals surface area (Å²) >= 11 is 0. The second-order valence-corrected chi connectivity index (χ2v) is 5.96. The van der Waals surface area contributed by atoms with Gasteiger partial charge < -0.3 is 10.2 Å². The lowest BCUT2D eigenvalue weighted by atomic mass is 10.2. The summed E-state index contributed by atoms with van der Waals surface area (Å²) in [6.07, 6.45) is 0.953. The number of rotatable bonds is 6. The van der Waals surface area contributed by atoms with E-state index in [-0.39, 0.29) is 29.8 Å². The Hall–Kier alpha value is -1.64. The lowest BCUT2D eigenvalue weighted by Gasteiger charge is -2.22. The highest BCUT2D eigenvalue weighted by molar-refractivity contribution is 14.0. The fraction of sp³-hybridized carbons (Fsp3) is 0.444. The minimum absolute atomic E-state index is 0. The standard InChI is InChI=1S/C18H26FN5.HI/c1-14-11-15(2)24(22-14)10-6-9-21-18(20-3)23(4)13-16-7-5-8-17(19)12-16;/h5,7-8,11-12H,6,9-10,13H2,1-4H3,(H,20,21);1H. The number of guanidine groups is 1. The smallest absolute Gasteiger partial charge is 0.193 e. The second-order valence-electron chi connectivity index (χ2n) is 5.96. The zero-order valence-electron chi connectivity index (χ0n) is 15.3. The van der Waals surface area contributed by atoms with Gasteiger partial charge in [-0.05, 0) is 44.0 Å². The summed E-state index contributed by atoms with van der Waals surface area (Å²) in [5.74, 6) is 0.585. The van der Waals surface area contributed by atoms with Crippen LogP contribution in [-0.2, 0) is 13.1 Å². The molecule has 138 valence electrons. The van der Waals surface area contributed by atoms with E-state index in [1.165, 1.54) is 11.8 Å². The number of benzene rings is 1. The van der Waals surface area contributed by atoms with Gasteiger partial charge in [0.25, 0.3) is 0 Å². The van der Waals surface area contributed by atoms with Crippen LogP contribution in [0.3, 0.4) is 0 Å². The molecule has 0 aliphatic carbocycles. The highest BCUT2D eigenvalue weighted by atomic mass is 127. The van der Waals surface area contributed by atoms with E-state index in [1.807, 2.05) is 29.6 Å². The third-order valence-corrected chi connectivity index (χ3v) is 3.82. The van der Waals surface area contributed by atoms with Crippen molar-refractivity contribution in [3.63, 3.8) is 0 Å². The molecule has 0 spiro atoms. The first-order valence-corrected chi connectivity index (χ1v) is 8.17. The molecule has 2 aromatic rings. The van der Waals surface area contributed by atoms with Gasteiger partial charge in [0, 0.05) is 39.4 Å². The summed E-state index contributed by atoms with van der Waals surface area (Å²) < 4.78 is 15.3. The van der Waals surface area contributed by atoms with E-state index >= 15 is 0 Å². The normalized spacial score (nSPS) is 11.2. The summed E-state index contributed by atoms with van der Waals surface area (Å²) in [7, 11) is 3.70. The van der Waals surface area contributed by atoms with E-state index < -0.39 is 0 Å². The van der Waals surface area contributed by atoms with Crippen molar-refractivity contribution in [3.8, 4) is 0 Å². The van der Waals surface area contributed by atoms with Crippen molar-refractivity contribution in [1.29, 1.82) is 0 Å². The highest BCUT2D eigenvalue weighted by Crippen LogP contribution is 2.06. The molecular weight excluding hydrogens is 432 g/mol. The first-order chi connectivity index (χ1) is 11.5. The Labute approximate surface area is 166 Å². The summed E-state index contributed by atoms with van der Waals surface area (Å²) in [4.78, 5) is 6.27. The van der Waals surface area contributed by atoms with E-state index in [9.17, 15) is 4.39 Å². The van der Waals surface area contributed by atoms with Crippen molar-refractivity contribution in [2.75, 3.05) is 20.6 Å². The molecule has 0 saturated heterocycles. The Balaban J connectivity index is 0.00000312. The number of aryl methyl sites for hydroxylation is 3. The van der Waals surface area contributed by atoms with E-state index in [0.717, 1.165) is 36.7 Å². The Bertz CT molecular complexity index is 699. The Morgan fingerprint density at radius 3 is 2.68 bits per heavy atom.